The second-order valence-corrected chi connectivity index (χ2v) is 6.13. The van der Waals surface area contributed by atoms with E-state index in [-0.39, 0.29) is 5.91 Å². The Morgan fingerprint density at radius 1 is 0.964 bits per heavy atom. The van der Waals surface area contributed by atoms with Gasteiger partial charge in [0.15, 0.2) is 6.10 Å². The molecule has 1 N–H and O–H groups in total. The van der Waals surface area contributed by atoms with E-state index in [1.54, 1.807) is 12.1 Å². The summed E-state index contributed by atoms with van der Waals surface area (Å²) >= 11 is 0. The lowest BCUT2D eigenvalue weighted by molar-refractivity contribution is -0.131. The van der Waals surface area contributed by atoms with Crippen LogP contribution in [0.25, 0.3) is 0 Å². The molecule has 28 heavy (non-hydrogen) atoms. The molecule has 5 heteroatoms. The highest BCUT2D eigenvalue weighted by molar-refractivity contribution is 5.82. The van der Waals surface area contributed by atoms with E-state index >= 15 is 0 Å². The molecular weight excluding hydrogens is 352 g/mol. The van der Waals surface area contributed by atoms with Crippen molar-refractivity contribution >= 4 is 5.91 Å². The second-order valence-electron chi connectivity index (χ2n) is 6.13. The molecule has 0 aliphatic carbocycles. The molecule has 0 unspecified atom stereocenters. The lowest BCUT2D eigenvalue weighted by atomic mass is 10.1. The fraction of sp³-hybridized carbons (Fsp3) is 0.130. The van der Waals surface area contributed by atoms with Crippen LogP contribution < -0.4 is 10.1 Å². The molecule has 0 fully saturated rings. The van der Waals surface area contributed by atoms with Crippen molar-refractivity contribution in [2.75, 3.05) is 7.11 Å². The summed E-state index contributed by atoms with van der Waals surface area (Å²) in [5.74, 6) is 1.20. The van der Waals surface area contributed by atoms with Crippen molar-refractivity contribution in [3.8, 4) is 17.6 Å². The van der Waals surface area contributed by atoms with Crippen molar-refractivity contribution in [2.45, 2.75) is 12.6 Å². The van der Waals surface area contributed by atoms with Gasteiger partial charge in [-0.15, -0.1) is 0 Å². The highest BCUT2D eigenvalue weighted by Gasteiger charge is 2.19. The van der Waals surface area contributed by atoms with E-state index in [9.17, 15) is 4.79 Å². The summed E-state index contributed by atoms with van der Waals surface area (Å²) < 4.78 is 11.2. The van der Waals surface area contributed by atoms with Gasteiger partial charge in [0, 0.05) is 13.7 Å². The van der Waals surface area contributed by atoms with Crippen LogP contribution in [-0.2, 0) is 16.1 Å². The Morgan fingerprint density at radius 2 is 1.61 bits per heavy atom. The number of nitriles is 1. The number of ether oxygens (including phenoxy) is 2. The van der Waals surface area contributed by atoms with Gasteiger partial charge < -0.3 is 14.8 Å². The van der Waals surface area contributed by atoms with Gasteiger partial charge in [-0.1, -0.05) is 42.5 Å². The summed E-state index contributed by atoms with van der Waals surface area (Å²) in [5.41, 5.74) is 2.23. The smallest absolute Gasteiger partial charge is 0.254 e. The third-order valence-corrected chi connectivity index (χ3v) is 4.19. The number of hydrogen-bond donors (Lipinski definition) is 1. The van der Waals surface area contributed by atoms with E-state index in [1.165, 1.54) is 7.11 Å². The quantitative estimate of drug-likeness (QED) is 0.669. The van der Waals surface area contributed by atoms with Gasteiger partial charge in [0.2, 0.25) is 0 Å². The van der Waals surface area contributed by atoms with Crippen LogP contribution in [0.4, 0.5) is 0 Å². The minimum atomic E-state index is -0.718. The standard InChI is InChI=1S/C23H20N2O3/c1-27-22(23(26)25-16-18-9-7-17(15-24)8-10-18)19-11-13-21(14-12-19)28-20-5-3-2-4-6-20/h2-14,22H,16H2,1H3,(H,25,26)/t22-/m0/s1. The fourth-order valence-corrected chi connectivity index (χ4v) is 2.71. The molecule has 0 radical (unpaired) electrons. The highest BCUT2D eigenvalue weighted by Crippen LogP contribution is 2.24. The van der Waals surface area contributed by atoms with Crippen LogP contribution in [0, 0.1) is 11.3 Å². The Labute approximate surface area is 164 Å². The van der Waals surface area contributed by atoms with Crippen molar-refractivity contribution in [3.05, 3.63) is 95.6 Å². The van der Waals surface area contributed by atoms with Crippen LogP contribution in [0.5, 0.6) is 11.5 Å². The zero-order valence-electron chi connectivity index (χ0n) is 15.5. The van der Waals surface area contributed by atoms with E-state index in [0.717, 1.165) is 16.9 Å². The molecule has 0 heterocycles. The molecule has 0 saturated heterocycles. The first kappa shape index (κ1) is 19.2. The number of para-hydroxylation sites is 1. The van der Waals surface area contributed by atoms with Crippen LogP contribution in [-0.4, -0.2) is 13.0 Å². The monoisotopic (exact) mass is 372 g/mol. The molecule has 3 rings (SSSR count). The summed E-state index contributed by atoms with van der Waals surface area (Å²) in [6.07, 6.45) is -0.718. The number of nitrogens with zero attached hydrogens (tertiary/aromatic N) is 1. The lowest BCUT2D eigenvalue weighted by Crippen LogP contribution is -2.29. The van der Waals surface area contributed by atoms with Gasteiger partial charge in [0.1, 0.15) is 11.5 Å². The third-order valence-electron chi connectivity index (χ3n) is 4.19. The van der Waals surface area contributed by atoms with Crippen LogP contribution in [0.2, 0.25) is 0 Å². The van der Waals surface area contributed by atoms with Crippen LogP contribution in [0.1, 0.15) is 22.8 Å². The largest absolute Gasteiger partial charge is 0.457 e. The van der Waals surface area contributed by atoms with Crippen molar-refractivity contribution in [1.29, 1.82) is 5.26 Å². The summed E-state index contributed by atoms with van der Waals surface area (Å²) in [5, 5.41) is 11.7. The molecule has 0 spiro atoms. The van der Waals surface area contributed by atoms with Gasteiger partial charge in [-0.25, -0.2) is 0 Å². The molecule has 0 aliphatic heterocycles. The number of nitrogens with one attached hydrogen (secondary N) is 1. The number of methoxy groups -OCH3 is 1. The van der Waals surface area contributed by atoms with Crippen LogP contribution in [0.15, 0.2) is 78.9 Å². The van der Waals surface area contributed by atoms with E-state index in [2.05, 4.69) is 11.4 Å². The topological polar surface area (TPSA) is 71.3 Å². The van der Waals surface area contributed by atoms with Crippen LogP contribution in [0.3, 0.4) is 0 Å². The number of amides is 1. The minimum absolute atomic E-state index is 0.233. The molecule has 3 aromatic carbocycles. The molecular formula is C23H20N2O3. The maximum absolute atomic E-state index is 12.5. The first-order valence-corrected chi connectivity index (χ1v) is 8.82. The number of benzene rings is 3. The van der Waals surface area contributed by atoms with Gasteiger partial charge in [0.25, 0.3) is 5.91 Å². The molecule has 1 atom stereocenters. The molecule has 140 valence electrons. The van der Waals surface area contributed by atoms with E-state index in [1.807, 2.05) is 66.7 Å². The van der Waals surface area contributed by atoms with Crippen molar-refractivity contribution < 1.29 is 14.3 Å². The Kier molecular flexibility index (Phi) is 6.40. The summed E-state index contributed by atoms with van der Waals surface area (Å²) in [7, 11) is 1.50. The Morgan fingerprint density at radius 3 is 2.21 bits per heavy atom. The van der Waals surface area contributed by atoms with E-state index in [4.69, 9.17) is 14.7 Å². The molecule has 0 bridgehead atoms. The first-order chi connectivity index (χ1) is 13.7. The number of carbonyl (C=O) groups is 1. The van der Waals surface area contributed by atoms with Gasteiger partial charge in [-0.3, -0.25) is 4.79 Å². The Balaban J connectivity index is 1.61. The molecule has 0 aliphatic rings. The summed E-state index contributed by atoms with van der Waals surface area (Å²) in [6.45, 7) is 0.361. The second kappa shape index (κ2) is 9.36. The Bertz CT molecular complexity index is 946. The zero-order valence-corrected chi connectivity index (χ0v) is 15.5. The average Bonchev–Trinajstić information content (AvgIpc) is 2.75. The first-order valence-electron chi connectivity index (χ1n) is 8.82. The van der Waals surface area contributed by atoms with Gasteiger partial charge in [-0.05, 0) is 47.5 Å². The zero-order chi connectivity index (χ0) is 19.8. The fourth-order valence-electron chi connectivity index (χ4n) is 2.71. The van der Waals surface area contributed by atoms with E-state index < -0.39 is 6.10 Å². The SMILES string of the molecule is CO[C@H](C(=O)NCc1ccc(C#N)cc1)c1ccc(Oc2ccccc2)cc1. The Hall–Kier alpha value is -3.62. The molecule has 0 aromatic heterocycles. The third kappa shape index (κ3) is 4.97. The minimum Gasteiger partial charge on any atom is -0.457 e. The predicted octanol–water partition coefficient (Wildman–Crippen LogP) is 4.35. The molecule has 1 amide bonds. The summed E-state index contributed by atoms with van der Waals surface area (Å²) in [6, 6.07) is 25.9. The average molecular weight is 372 g/mol. The molecule has 3 aromatic rings. The lowest BCUT2D eigenvalue weighted by Gasteiger charge is -2.16. The highest BCUT2D eigenvalue weighted by atomic mass is 16.5. The normalized spacial score (nSPS) is 11.3. The number of hydrogen-bond acceptors (Lipinski definition) is 4. The van der Waals surface area contributed by atoms with Gasteiger partial charge in [0.05, 0.1) is 11.6 Å². The predicted molar refractivity (Wildman–Crippen MR) is 106 cm³/mol. The maximum atomic E-state index is 12.5. The number of carbonyl (C=O) groups excluding carboxylic acids is 1. The van der Waals surface area contributed by atoms with Crippen molar-refractivity contribution in [1.82, 2.24) is 5.32 Å². The van der Waals surface area contributed by atoms with Crippen molar-refractivity contribution in [3.63, 3.8) is 0 Å². The molecule has 5 nitrogen and oxygen atoms in total. The summed E-state index contributed by atoms with van der Waals surface area (Å²) in [4.78, 5) is 12.5. The van der Waals surface area contributed by atoms with Gasteiger partial charge >= 0.3 is 0 Å². The maximum Gasteiger partial charge on any atom is 0.254 e. The molecule has 0 saturated carbocycles. The van der Waals surface area contributed by atoms with Crippen molar-refractivity contribution in [2.24, 2.45) is 0 Å². The van der Waals surface area contributed by atoms with Crippen LogP contribution >= 0.6 is 0 Å². The number of rotatable bonds is 7. The van der Waals surface area contributed by atoms with E-state index in [0.29, 0.717) is 17.9 Å². The van der Waals surface area contributed by atoms with Gasteiger partial charge in [-0.2, -0.15) is 5.26 Å².